The van der Waals surface area contributed by atoms with Gasteiger partial charge in [-0.3, -0.25) is 9.79 Å². The lowest BCUT2D eigenvalue weighted by Gasteiger charge is -2.02. The number of ketones is 1. The molecule has 2 nitrogen and oxygen atoms in total. The monoisotopic (exact) mass is 189 g/mol. The van der Waals surface area contributed by atoms with Crippen LogP contribution in [0.3, 0.4) is 0 Å². The molecule has 1 rings (SSSR count). The molecule has 1 aromatic rings. The van der Waals surface area contributed by atoms with Gasteiger partial charge < -0.3 is 0 Å². The summed E-state index contributed by atoms with van der Waals surface area (Å²) in [6, 6.07) is 7.85. The molecule has 1 aromatic carbocycles. The molecule has 0 aliphatic heterocycles. The summed E-state index contributed by atoms with van der Waals surface area (Å²) in [4.78, 5) is 15.5. The molecule has 0 unspecified atom stereocenters. The molecule has 0 N–H and O–H groups in total. The number of rotatable bonds is 3. The van der Waals surface area contributed by atoms with E-state index < -0.39 is 0 Å². The highest BCUT2D eigenvalue weighted by molar-refractivity contribution is 6.45. The minimum atomic E-state index is 0.0238. The largest absolute Gasteiger partial charge is 0.293 e. The van der Waals surface area contributed by atoms with Gasteiger partial charge in [0.2, 0.25) is 0 Å². The highest BCUT2D eigenvalue weighted by Gasteiger charge is 2.07. The molecule has 0 aliphatic carbocycles. The third-order valence-electron chi connectivity index (χ3n) is 1.97. The van der Waals surface area contributed by atoms with Crippen molar-refractivity contribution in [2.75, 3.05) is 6.54 Å². The Balaban J connectivity index is 3.06. The van der Waals surface area contributed by atoms with Crippen LogP contribution in [0.4, 0.5) is 0 Å². The fourth-order valence-corrected chi connectivity index (χ4v) is 1.28. The van der Waals surface area contributed by atoms with Crippen LogP contribution in [0.25, 0.3) is 0 Å². The summed E-state index contributed by atoms with van der Waals surface area (Å²) in [5.41, 5.74) is 2.67. The Morgan fingerprint density at radius 2 is 1.86 bits per heavy atom. The SMILES string of the molecule is CCN=C(C(C)=O)c1ccc(C)cc1. The minimum Gasteiger partial charge on any atom is -0.293 e. The van der Waals surface area contributed by atoms with Gasteiger partial charge in [0.1, 0.15) is 5.71 Å². The second kappa shape index (κ2) is 4.70. The number of carbonyl (C=O) groups excluding carboxylic acids is 1. The maximum absolute atomic E-state index is 11.3. The van der Waals surface area contributed by atoms with E-state index in [-0.39, 0.29) is 5.78 Å². The van der Waals surface area contributed by atoms with Crippen molar-refractivity contribution in [1.82, 2.24) is 0 Å². The second-order valence-electron chi connectivity index (χ2n) is 3.25. The average Bonchev–Trinajstić information content (AvgIpc) is 2.15. The third kappa shape index (κ3) is 2.52. The number of carbonyl (C=O) groups is 1. The second-order valence-corrected chi connectivity index (χ2v) is 3.25. The molecule has 0 saturated carbocycles. The number of nitrogens with zero attached hydrogens (tertiary/aromatic N) is 1. The van der Waals surface area contributed by atoms with Crippen LogP contribution in [0.5, 0.6) is 0 Å². The first-order valence-electron chi connectivity index (χ1n) is 4.77. The average molecular weight is 189 g/mol. The summed E-state index contributed by atoms with van der Waals surface area (Å²) in [6.07, 6.45) is 0. The van der Waals surface area contributed by atoms with Crippen molar-refractivity contribution in [3.8, 4) is 0 Å². The number of hydrogen-bond donors (Lipinski definition) is 0. The lowest BCUT2D eigenvalue weighted by Crippen LogP contribution is -2.12. The van der Waals surface area contributed by atoms with Crippen LogP contribution in [0.15, 0.2) is 29.3 Å². The van der Waals surface area contributed by atoms with Gasteiger partial charge in [-0.2, -0.15) is 0 Å². The molecule has 0 aliphatic rings. The van der Waals surface area contributed by atoms with Gasteiger partial charge in [0, 0.05) is 19.0 Å². The maximum Gasteiger partial charge on any atom is 0.178 e. The quantitative estimate of drug-likeness (QED) is 0.671. The molecule has 0 heterocycles. The zero-order valence-corrected chi connectivity index (χ0v) is 8.87. The van der Waals surface area contributed by atoms with E-state index in [0.29, 0.717) is 12.3 Å². The molecule has 74 valence electrons. The minimum absolute atomic E-state index is 0.0238. The first kappa shape index (κ1) is 10.6. The molecule has 0 fully saturated rings. The van der Waals surface area contributed by atoms with Crippen molar-refractivity contribution in [3.63, 3.8) is 0 Å². The third-order valence-corrected chi connectivity index (χ3v) is 1.97. The molecule has 0 amide bonds. The van der Waals surface area contributed by atoms with Crippen molar-refractivity contribution in [2.24, 2.45) is 4.99 Å². The van der Waals surface area contributed by atoms with Crippen molar-refractivity contribution >= 4 is 11.5 Å². The molecular weight excluding hydrogens is 174 g/mol. The molecular formula is C12H15NO. The standard InChI is InChI=1S/C12H15NO/c1-4-13-12(10(3)14)11-7-5-9(2)6-8-11/h5-8H,4H2,1-3H3. The maximum atomic E-state index is 11.3. The van der Waals surface area contributed by atoms with Crippen LogP contribution in [-0.4, -0.2) is 18.0 Å². The Bertz CT molecular complexity index is 349. The van der Waals surface area contributed by atoms with Crippen LogP contribution in [0.2, 0.25) is 0 Å². The number of aliphatic imine (C=N–C) groups is 1. The Morgan fingerprint density at radius 1 is 1.29 bits per heavy atom. The Hall–Kier alpha value is -1.44. The van der Waals surface area contributed by atoms with Crippen LogP contribution < -0.4 is 0 Å². The van der Waals surface area contributed by atoms with E-state index in [1.54, 1.807) is 6.92 Å². The van der Waals surface area contributed by atoms with Crippen molar-refractivity contribution in [2.45, 2.75) is 20.8 Å². The van der Waals surface area contributed by atoms with E-state index in [1.807, 2.05) is 38.1 Å². The Labute approximate surface area is 84.7 Å². The van der Waals surface area contributed by atoms with Gasteiger partial charge in [0.05, 0.1) is 0 Å². The normalized spacial score (nSPS) is 11.5. The summed E-state index contributed by atoms with van der Waals surface area (Å²) < 4.78 is 0. The lowest BCUT2D eigenvalue weighted by molar-refractivity contribution is -0.111. The van der Waals surface area contributed by atoms with Crippen molar-refractivity contribution < 1.29 is 4.79 Å². The predicted molar refractivity (Wildman–Crippen MR) is 58.9 cm³/mol. The number of benzene rings is 1. The molecule has 0 saturated heterocycles. The molecule has 0 radical (unpaired) electrons. The fourth-order valence-electron chi connectivity index (χ4n) is 1.28. The number of hydrogen-bond acceptors (Lipinski definition) is 2. The van der Waals surface area contributed by atoms with E-state index in [1.165, 1.54) is 5.56 Å². The topological polar surface area (TPSA) is 29.4 Å². The Morgan fingerprint density at radius 3 is 2.29 bits per heavy atom. The number of aryl methyl sites for hydroxylation is 1. The zero-order chi connectivity index (χ0) is 10.6. The molecule has 14 heavy (non-hydrogen) atoms. The van der Waals surface area contributed by atoms with Gasteiger partial charge in [-0.05, 0) is 13.8 Å². The summed E-state index contributed by atoms with van der Waals surface area (Å²) in [6.45, 7) is 6.14. The summed E-state index contributed by atoms with van der Waals surface area (Å²) in [5.74, 6) is 0.0238. The Kier molecular flexibility index (Phi) is 3.57. The first-order chi connectivity index (χ1) is 6.65. The molecule has 0 aromatic heterocycles. The van der Waals surface area contributed by atoms with Gasteiger partial charge in [0.15, 0.2) is 5.78 Å². The molecule has 0 bridgehead atoms. The molecule has 0 atom stereocenters. The van der Waals surface area contributed by atoms with Gasteiger partial charge in [0.25, 0.3) is 0 Å². The van der Waals surface area contributed by atoms with Crippen LogP contribution >= 0.6 is 0 Å². The van der Waals surface area contributed by atoms with Gasteiger partial charge in [-0.1, -0.05) is 29.8 Å². The van der Waals surface area contributed by atoms with Crippen molar-refractivity contribution in [3.05, 3.63) is 35.4 Å². The summed E-state index contributed by atoms with van der Waals surface area (Å²) in [7, 11) is 0. The number of Topliss-reactive ketones (excluding diaryl/α,β-unsaturated/α-hetero) is 1. The highest BCUT2D eigenvalue weighted by Crippen LogP contribution is 2.05. The predicted octanol–water partition coefficient (Wildman–Crippen LogP) is 2.39. The van der Waals surface area contributed by atoms with Crippen LogP contribution in [-0.2, 0) is 4.79 Å². The van der Waals surface area contributed by atoms with Gasteiger partial charge in [-0.15, -0.1) is 0 Å². The first-order valence-corrected chi connectivity index (χ1v) is 4.77. The zero-order valence-electron chi connectivity index (χ0n) is 8.87. The van der Waals surface area contributed by atoms with Gasteiger partial charge in [-0.25, -0.2) is 0 Å². The van der Waals surface area contributed by atoms with E-state index >= 15 is 0 Å². The van der Waals surface area contributed by atoms with Crippen LogP contribution in [0, 0.1) is 6.92 Å². The van der Waals surface area contributed by atoms with Crippen LogP contribution in [0.1, 0.15) is 25.0 Å². The summed E-state index contributed by atoms with van der Waals surface area (Å²) >= 11 is 0. The van der Waals surface area contributed by atoms with E-state index in [4.69, 9.17) is 0 Å². The lowest BCUT2D eigenvalue weighted by atomic mass is 10.1. The van der Waals surface area contributed by atoms with E-state index in [0.717, 1.165) is 5.56 Å². The summed E-state index contributed by atoms with van der Waals surface area (Å²) in [5, 5.41) is 0. The van der Waals surface area contributed by atoms with Crippen molar-refractivity contribution in [1.29, 1.82) is 0 Å². The van der Waals surface area contributed by atoms with E-state index in [2.05, 4.69) is 4.99 Å². The van der Waals surface area contributed by atoms with E-state index in [9.17, 15) is 4.79 Å². The van der Waals surface area contributed by atoms with Gasteiger partial charge >= 0.3 is 0 Å². The highest BCUT2D eigenvalue weighted by atomic mass is 16.1. The smallest absolute Gasteiger partial charge is 0.178 e. The fraction of sp³-hybridized carbons (Fsp3) is 0.333. The molecule has 0 spiro atoms. The molecule has 2 heteroatoms.